The molecule has 7 heteroatoms. The third-order valence-corrected chi connectivity index (χ3v) is 6.85. The van der Waals surface area contributed by atoms with Crippen molar-refractivity contribution in [3.8, 4) is 17.6 Å². The van der Waals surface area contributed by atoms with Gasteiger partial charge in [0.05, 0.1) is 5.57 Å². The lowest BCUT2D eigenvalue weighted by Crippen LogP contribution is -2.08. The highest BCUT2D eigenvalue weighted by Crippen LogP contribution is 2.50. The molecule has 0 N–H and O–H groups in total. The SMILES string of the molecule is N#CC(=C1C=CC(=NOP(=O)(Oc2ccccc2)Oc2ccccc2)C(c2ccccc2)=C1)c1ccccc1. The Hall–Kier alpha value is -5.11. The van der Waals surface area contributed by atoms with E-state index in [1.807, 2.05) is 78.9 Å². The van der Waals surface area contributed by atoms with Crippen LogP contribution in [-0.4, -0.2) is 5.71 Å². The van der Waals surface area contributed by atoms with Crippen molar-refractivity contribution in [2.45, 2.75) is 0 Å². The van der Waals surface area contributed by atoms with Gasteiger partial charge in [-0.05, 0) is 53.1 Å². The van der Waals surface area contributed by atoms with E-state index >= 15 is 0 Å². The minimum absolute atomic E-state index is 0.307. The van der Waals surface area contributed by atoms with Gasteiger partial charge in [-0.1, -0.05) is 108 Å². The molecule has 39 heavy (non-hydrogen) atoms. The molecule has 0 unspecified atom stereocenters. The highest BCUT2D eigenvalue weighted by Gasteiger charge is 2.34. The van der Waals surface area contributed by atoms with Gasteiger partial charge in [0, 0.05) is 5.57 Å². The number of oxime groups is 1. The van der Waals surface area contributed by atoms with Crippen LogP contribution >= 0.6 is 7.82 Å². The maximum Gasteiger partial charge on any atom is 0.668 e. The summed E-state index contributed by atoms with van der Waals surface area (Å²) in [4.78, 5) is 0. The largest absolute Gasteiger partial charge is 0.668 e. The molecule has 6 nitrogen and oxygen atoms in total. The van der Waals surface area contributed by atoms with Crippen LogP contribution < -0.4 is 9.05 Å². The Morgan fingerprint density at radius 3 is 1.74 bits per heavy atom. The Kier molecular flexibility index (Phi) is 7.83. The highest BCUT2D eigenvalue weighted by atomic mass is 31.2. The van der Waals surface area contributed by atoms with Crippen LogP contribution in [0.2, 0.25) is 0 Å². The first-order valence-corrected chi connectivity index (χ1v) is 13.6. The molecule has 4 aromatic rings. The third kappa shape index (κ3) is 6.42. The molecule has 0 atom stereocenters. The van der Waals surface area contributed by atoms with E-state index in [4.69, 9.17) is 13.7 Å². The average Bonchev–Trinajstić information content (AvgIpc) is 2.99. The normalized spacial score (nSPS) is 15.2. The standard InChI is InChI=1S/C32H23N2O4P/c33-24-31(26-15-7-2-8-16-26)27-21-22-32(30(23-27)25-13-5-1-6-14-25)34-38-39(35,36-28-17-9-3-10-18-28)37-29-19-11-4-12-20-29/h1-23H. The van der Waals surface area contributed by atoms with E-state index in [0.29, 0.717) is 33.9 Å². The van der Waals surface area contributed by atoms with Crippen molar-refractivity contribution < 1.29 is 18.2 Å². The summed E-state index contributed by atoms with van der Waals surface area (Å²) in [5, 5.41) is 14.2. The Balaban J connectivity index is 1.53. The summed E-state index contributed by atoms with van der Waals surface area (Å²) < 4.78 is 30.7. The van der Waals surface area contributed by atoms with Crippen molar-refractivity contribution in [2.75, 3.05) is 0 Å². The summed E-state index contributed by atoms with van der Waals surface area (Å²) in [6, 6.07) is 38.6. The van der Waals surface area contributed by atoms with Crippen LogP contribution in [0.3, 0.4) is 0 Å². The number of nitriles is 1. The fourth-order valence-corrected chi connectivity index (χ4v) is 4.94. The number of phosphoric ester groups is 1. The van der Waals surface area contributed by atoms with Crippen molar-refractivity contribution in [3.63, 3.8) is 0 Å². The first kappa shape index (κ1) is 25.5. The van der Waals surface area contributed by atoms with Gasteiger partial charge >= 0.3 is 7.82 Å². The fraction of sp³-hybridized carbons (Fsp3) is 0. The molecule has 1 aliphatic rings. The van der Waals surface area contributed by atoms with Crippen LogP contribution in [0.25, 0.3) is 11.1 Å². The molecular formula is C32H23N2O4P. The van der Waals surface area contributed by atoms with Crippen molar-refractivity contribution in [3.05, 3.63) is 156 Å². The van der Waals surface area contributed by atoms with Crippen LogP contribution in [0.15, 0.2) is 150 Å². The number of hydrogen-bond acceptors (Lipinski definition) is 6. The number of rotatable bonds is 8. The monoisotopic (exact) mass is 530 g/mol. The Morgan fingerprint density at radius 1 is 0.692 bits per heavy atom. The second-order valence-electron chi connectivity index (χ2n) is 8.38. The Labute approximate surface area is 227 Å². The van der Waals surface area contributed by atoms with Crippen molar-refractivity contribution in [1.82, 2.24) is 0 Å². The molecular weight excluding hydrogens is 507 g/mol. The lowest BCUT2D eigenvalue weighted by Gasteiger charge is -2.18. The first-order valence-electron chi connectivity index (χ1n) is 12.1. The summed E-state index contributed by atoms with van der Waals surface area (Å²) in [5.41, 5.74) is 3.95. The Morgan fingerprint density at radius 2 is 1.21 bits per heavy atom. The van der Waals surface area contributed by atoms with E-state index in [2.05, 4.69) is 11.2 Å². The van der Waals surface area contributed by atoms with E-state index in [1.165, 1.54) is 0 Å². The molecule has 0 spiro atoms. The molecule has 190 valence electrons. The third-order valence-electron chi connectivity index (χ3n) is 5.70. The molecule has 0 heterocycles. The minimum Gasteiger partial charge on any atom is -0.385 e. The molecule has 0 saturated carbocycles. The zero-order chi connectivity index (χ0) is 26.9. The van der Waals surface area contributed by atoms with Crippen LogP contribution in [0.4, 0.5) is 0 Å². The molecule has 0 bridgehead atoms. The van der Waals surface area contributed by atoms with Gasteiger partial charge in [-0.15, -0.1) is 0 Å². The second-order valence-corrected chi connectivity index (χ2v) is 9.80. The number of phosphoric acid groups is 1. The van der Waals surface area contributed by atoms with Crippen molar-refractivity contribution in [2.24, 2.45) is 5.16 Å². The first-order chi connectivity index (χ1) is 19.1. The summed E-state index contributed by atoms with van der Waals surface area (Å²) >= 11 is 0. The topological polar surface area (TPSA) is 80.9 Å². The van der Waals surface area contributed by atoms with Gasteiger partial charge in [0.25, 0.3) is 0 Å². The zero-order valence-electron chi connectivity index (χ0n) is 20.8. The number of nitrogens with zero attached hydrogens (tertiary/aromatic N) is 2. The van der Waals surface area contributed by atoms with Gasteiger partial charge in [-0.2, -0.15) is 9.83 Å². The van der Waals surface area contributed by atoms with Crippen LogP contribution in [-0.2, 0) is 9.19 Å². The van der Waals surface area contributed by atoms with Gasteiger partial charge in [0.1, 0.15) is 23.3 Å². The van der Waals surface area contributed by atoms with E-state index in [9.17, 15) is 9.83 Å². The maximum absolute atomic E-state index is 13.8. The molecule has 0 aliphatic heterocycles. The summed E-state index contributed by atoms with van der Waals surface area (Å²) in [7, 11) is -4.25. The van der Waals surface area contributed by atoms with Gasteiger partial charge in [-0.25, -0.2) is 0 Å². The average molecular weight is 531 g/mol. The van der Waals surface area contributed by atoms with Gasteiger partial charge in [0.2, 0.25) is 0 Å². The predicted molar refractivity (Wildman–Crippen MR) is 153 cm³/mol. The summed E-state index contributed by atoms with van der Waals surface area (Å²) in [6.45, 7) is 0. The van der Waals surface area contributed by atoms with Crippen LogP contribution in [0, 0.1) is 11.3 Å². The lowest BCUT2D eigenvalue weighted by molar-refractivity contribution is 0.218. The zero-order valence-corrected chi connectivity index (χ0v) is 21.6. The van der Waals surface area contributed by atoms with Gasteiger partial charge in [0.15, 0.2) is 0 Å². The molecule has 1 aliphatic carbocycles. The second kappa shape index (κ2) is 12.0. The highest BCUT2D eigenvalue weighted by molar-refractivity contribution is 7.49. The molecule has 0 radical (unpaired) electrons. The number of allylic oxidation sites excluding steroid dienone is 6. The fourth-order valence-electron chi connectivity index (χ4n) is 3.89. The van der Waals surface area contributed by atoms with Crippen LogP contribution in [0.5, 0.6) is 11.5 Å². The van der Waals surface area contributed by atoms with E-state index in [0.717, 1.165) is 11.1 Å². The number of para-hydroxylation sites is 2. The van der Waals surface area contributed by atoms with Crippen molar-refractivity contribution in [1.29, 1.82) is 5.26 Å². The van der Waals surface area contributed by atoms with Crippen molar-refractivity contribution >= 4 is 24.7 Å². The van der Waals surface area contributed by atoms with Crippen LogP contribution in [0.1, 0.15) is 11.1 Å². The number of benzene rings is 4. The van der Waals surface area contributed by atoms with Gasteiger partial charge in [-0.3, -0.25) is 4.62 Å². The maximum atomic E-state index is 13.8. The molecule has 0 saturated heterocycles. The van der Waals surface area contributed by atoms with E-state index in [-0.39, 0.29) is 0 Å². The number of hydrogen-bond donors (Lipinski definition) is 0. The van der Waals surface area contributed by atoms with E-state index < -0.39 is 7.82 Å². The quantitative estimate of drug-likeness (QED) is 0.130. The molecule has 0 aromatic heterocycles. The predicted octanol–water partition coefficient (Wildman–Crippen LogP) is 8.26. The molecule has 0 amide bonds. The summed E-state index contributed by atoms with van der Waals surface area (Å²) in [5.74, 6) is 0.614. The van der Waals surface area contributed by atoms with E-state index in [1.54, 1.807) is 60.7 Å². The molecule has 5 rings (SSSR count). The van der Waals surface area contributed by atoms with Gasteiger partial charge < -0.3 is 9.05 Å². The smallest absolute Gasteiger partial charge is 0.385 e. The lowest BCUT2D eigenvalue weighted by atomic mass is 9.90. The Bertz CT molecular complexity index is 1590. The minimum atomic E-state index is -4.25. The molecule has 0 fully saturated rings. The molecule has 4 aromatic carbocycles. The summed E-state index contributed by atoms with van der Waals surface area (Å²) in [6.07, 6.45) is 5.36.